The molecule has 170 valence electrons. The molecule has 2 amide bonds. The lowest BCUT2D eigenvalue weighted by Gasteiger charge is -2.32. The number of aryl methyl sites for hydroxylation is 2. The van der Waals surface area contributed by atoms with E-state index in [0.29, 0.717) is 5.69 Å². The summed E-state index contributed by atoms with van der Waals surface area (Å²) in [5.41, 5.74) is 6.33. The fraction of sp³-hybridized carbons (Fsp3) is 0.179. The van der Waals surface area contributed by atoms with Crippen molar-refractivity contribution in [3.05, 3.63) is 101 Å². The van der Waals surface area contributed by atoms with Gasteiger partial charge in [0, 0.05) is 18.8 Å². The molecule has 3 aromatic carbocycles. The Balaban J connectivity index is 1.43. The van der Waals surface area contributed by atoms with Gasteiger partial charge in [0.05, 0.1) is 5.69 Å². The lowest BCUT2D eigenvalue weighted by atomic mass is 9.97. The summed E-state index contributed by atoms with van der Waals surface area (Å²) in [5, 5.41) is 2.76. The highest BCUT2D eigenvalue weighted by Crippen LogP contribution is 2.30. The standard InChI is InChI=1S/C28H25N3O2S/c1-19-9-12-23(13-10-19)31-27(33)24(26(32)29-28(31)34)17-21-11-14-25-22(16-21)8-5-15-30(25)18-20-6-3-2-4-7-20/h2-4,6-7,9-14,16-17H,5,8,15,18H2,1H3,(H,29,32,34)/b24-17+. The highest BCUT2D eigenvalue weighted by Gasteiger charge is 2.34. The van der Waals surface area contributed by atoms with Crippen LogP contribution < -0.4 is 15.1 Å². The van der Waals surface area contributed by atoms with Crippen LogP contribution in [0.3, 0.4) is 0 Å². The summed E-state index contributed by atoms with van der Waals surface area (Å²) in [5.74, 6) is -0.886. The molecule has 0 spiro atoms. The molecule has 0 aromatic heterocycles. The van der Waals surface area contributed by atoms with Crippen molar-refractivity contribution in [2.75, 3.05) is 16.3 Å². The summed E-state index contributed by atoms with van der Waals surface area (Å²) >= 11 is 5.30. The summed E-state index contributed by atoms with van der Waals surface area (Å²) in [6.07, 6.45) is 3.70. The third-order valence-electron chi connectivity index (χ3n) is 6.24. The van der Waals surface area contributed by atoms with Crippen LogP contribution in [0.2, 0.25) is 0 Å². The highest BCUT2D eigenvalue weighted by molar-refractivity contribution is 7.80. The Morgan fingerprint density at radius 2 is 1.76 bits per heavy atom. The predicted molar refractivity (Wildman–Crippen MR) is 140 cm³/mol. The molecule has 5 rings (SSSR count). The van der Waals surface area contributed by atoms with Crippen LogP contribution in [-0.4, -0.2) is 23.5 Å². The lowest BCUT2D eigenvalue weighted by Crippen LogP contribution is -2.54. The number of carbonyl (C=O) groups is 2. The van der Waals surface area contributed by atoms with Crippen LogP contribution in [0.15, 0.2) is 78.4 Å². The number of thiocarbonyl (C=S) groups is 1. The first-order chi connectivity index (χ1) is 16.5. The maximum Gasteiger partial charge on any atom is 0.270 e. The zero-order chi connectivity index (χ0) is 23.7. The molecule has 0 bridgehead atoms. The average molecular weight is 468 g/mol. The zero-order valence-electron chi connectivity index (χ0n) is 19.0. The Labute approximate surface area is 204 Å². The molecule has 1 N–H and O–H groups in total. The van der Waals surface area contributed by atoms with Crippen LogP contribution >= 0.6 is 12.2 Å². The zero-order valence-corrected chi connectivity index (χ0v) is 19.8. The van der Waals surface area contributed by atoms with Gasteiger partial charge in [-0.2, -0.15) is 0 Å². The largest absolute Gasteiger partial charge is 0.367 e. The average Bonchev–Trinajstić information content (AvgIpc) is 2.83. The van der Waals surface area contributed by atoms with Gasteiger partial charge in [0.25, 0.3) is 11.8 Å². The minimum atomic E-state index is -0.471. The summed E-state index contributed by atoms with van der Waals surface area (Å²) in [7, 11) is 0. The summed E-state index contributed by atoms with van der Waals surface area (Å²) in [4.78, 5) is 29.7. The van der Waals surface area contributed by atoms with E-state index in [4.69, 9.17) is 12.2 Å². The number of hydrogen-bond donors (Lipinski definition) is 1. The van der Waals surface area contributed by atoms with Gasteiger partial charge in [0.2, 0.25) is 0 Å². The van der Waals surface area contributed by atoms with Crippen LogP contribution in [0.25, 0.3) is 6.08 Å². The molecule has 0 atom stereocenters. The van der Waals surface area contributed by atoms with Gasteiger partial charge in [-0.1, -0.05) is 54.1 Å². The summed E-state index contributed by atoms with van der Waals surface area (Å²) in [6.45, 7) is 3.84. The molecule has 34 heavy (non-hydrogen) atoms. The molecule has 0 saturated carbocycles. The van der Waals surface area contributed by atoms with Gasteiger partial charge >= 0.3 is 0 Å². The van der Waals surface area contributed by atoms with Gasteiger partial charge < -0.3 is 4.90 Å². The van der Waals surface area contributed by atoms with Gasteiger partial charge in [-0.25, -0.2) is 0 Å². The quantitative estimate of drug-likeness (QED) is 0.341. The number of anilines is 2. The van der Waals surface area contributed by atoms with Crippen molar-refractivity contribution >= 4 is 46.6 Å². The Hall–Kier alpha value is -3.77. The first-order valence-corrected chi connectivity index (χ1v) is 11.8. The third kappa shape index (κ3) is 4.37. The van der Waals surface area contributed by atoms with Crippen molar-refractivity contribution < 1.29 is 9.59 Å². The molecular weight excluding hydrogens is 442 g/mol. The number of amides is 2. The van der Waals surface area contributed by atoms with Crippen molar-refractivity contribution in [1.82, 2.24) is 5.32 Å². The Bertz CT molecular complexity index is 1300. The molecule has 0 unspecified atom stereocenters. The second-order valence-corrected chi connectivity index (χ2v) is 9.08. The van der Waals surface area contributed by atoms with E-state index in [1.807, 2.05) is 43.3 Å². The van der Waals surface area contributed by atoms with Crippen LogP contribution in [0.4, 0.5) is 11.4 Å². The fourth-order valence-corrected chi connectivity index (χ4v) is 4.79. The van der Waals surface area contributed by atoms with Crippen LogP contribution in [0, 0.1) is 6.92 Å². The molecule has 0 aliphatic carbocycles. The fourth-order valence-electron chi connectivity index (χ4n) is 4.51. The third-order valence-corrected chi connectivity index (χ3v) is 6.52. The minimum Gasteiger partial charge on any atom is -0.367 e. The molecule has 1 saturated heterocycles. The molecular formula is C28H25N3O2S. The molecule has 3 aromatic rings. The van der Waals surface area contributed by atoms with Gasteiger partial charge in [0.15, 0.2) is 5.11 Å². The SMILES string of the molecule is Cc1ccc(N2C(=O)/C(=C/c3ccc4c(c3)CCCN4Cc3ccccc3)C(=O)NC2=S)cc1. The Morgan fingerprint density at radius 3 is 2.53 bits per heavy atom. The van der Waals surface area contributed by atoms with E-state index in [0.717, 1.165) is 37.1 Å². The normalized spacial score (nSPS) is 17.1. The van der Waals surface area contributed by atoms with E-state index in [1.54, 1.807) is 6.08 Å². The number of nitrogens with zero attached hydrogens (tertiary/aromatic N) is 2. The predicted octanol–water partition coefficient (Wildman–Crippen LogP) is 4.78. The maximum atomic E-state index is 13.3. The summed E-state index contributed by atoms with van der Waals surface area (Å²) in [6, 6.07) is 24.1. The second-order valence-electron chi connectivity index (χ2n) is 8.69. The molecule has 1 fully saturated rings. The van der Waals surface area contributed by atoms with Gasteiger partial charge in [0.1, 0.15) is 5.57 Å². The molecule has 2 aliphatic heterocycles. The first kappa shape index (κ1) is 22.0. The number of nitrogens with one attached hydrogen (secondary N) is 1. The van der Waals surface area contributed by atoms with Crippen molar-refractivity contribution in [3.63, 3.8) is 0 Å². The molecule has 2 aliphatic rings. The first-order valence-electron chi connectivity index (χ1n) is 11.4. The topological polar surface area (TPSA) is 52.7 Å². The van der Waals surface area contributed by atoms with Gasteiger partial charge in [-0.3, -0.25) is 19.8 Å². The Morgan fingerprint density at radius 1 is 1.00 bits per heavy atom. The molecule has 0 radical (unpaired) electrons. The van der Waals surface area contributed by atoms with Crippen molar-refractivity contribution in [2.24, 2.45) is 0 Å². The smallest absolute Gasteiger partial charge is 0.270 e. The number of carbonyl (C=O) groups excluding carboxylic acids is 2. The van der Waals surface area contributed by atoms with E-state index >= 15 is 0 Å². The number of fused-ring (bicyclic) bond motifs is 1. The molecule has 5 nitrogen and oxygen atoms in total. The van der Waals surface area contributed by atoms with E-state index in [1.165, 1.54) is 21.7 Å². The van der Waals surface area contributed by atoms with E-state index in [2.05, 4.69) is 46.6 Å². The van der Waals surface area contributed by atoms with Crippen LogP contribution in [0.1, 0.15) is 28.7 Å². The second kappa shape index (κ2) is 9.23. The van der Waals surface area contributed by atoms with Gasteiger partial charge in [-0.15, -0.1) is 0 Å². The maximum absolute atomic E-state index is 13.3. The Kier molecular flexibility index (Phi) is 5.99. The highest BCUT2D eigenvalue weighted by atomic mass is 32.1. The monoisotopic (exact) mass is 467 g/mol. The van der Waals surface area contributed by atoms with Crippen LogP contribution in [-0.2, 0) is 22.6 Å². The molecule has 2 heterocycles. The van der Waals surface area contributed by atoms with Crippen molar-refractivity contribution in [2.45, 2.75) is 26.3 Å². The minimum absolute atomic E-state index is 0.0751. The van der Waals surface area contributed by atoms with Crippen molar-refractivity contribution in [3.8, 4) is 0 Å². The number of benzene rings is 3. The van der Waals surface area contributed by atoms with E-state index in [9.17, 15) is 9.59 Å². The van der Waals surface area contributed by atoms with Crippen molar-refractivity contribution in [1.29, 1.82) is 0 Å². The molecule has 6 heteroatoms. The number of rotatable bonds is 4. The van der Waals surface area contributed by atoms with Crippen LogP contribution in [0.5, 0.6) is 0 Å². The summed E-state index contributed by atoms with van der Waals surface area (Å²) < 4.78 is 0. The number of hydrogen-bond acceptors (Lipinski definition) is 4. The lowest BCUT2D eigenvalue weighted by molar-refractivity contribution is -0.122. The van der Waals surface area contributed by atoms with E-state index in [-0.39, 0.29) is 10.7 Å². The van der Waals surface area contributed by atoms with Gasteiger partial charge in [-0.05, 0) is 79.0 Å². The van der Waals surface area contributed by atoms with E-state index < -0.39 is 11.8 Å².